The van der Waals surface area contributed by atoms with E-state index in [-0.39, 0.29) is 11.7 Å². The van der Waals surface area contributed by atoms with Crippen LogP contribution in [0.1, 0.15) is 86.7 Å². The molecular weight excluding hydrogens is 460 g/mol. The fourth-order valence-corrected chi connectivity index (χ4v) is 6.43. The molecule has 0 aromatic carbocycles. The van der Waals surface area contributed by atoms with Crippen molar-refractivity contribution in [2.75, 3.05) is 11.1 Å². The van der Waals surface area contributed by atoms with Crippen LogP contribution in [-0.2, 0) is 4.79 Å². The van der Waals surface area contributed by atoms with Crippen molar-refractivity contribution in [1.29, 1.82) is 5.26 Å². The molecule has 2 saturated carbocycles. The zero-order chi connectivity index (χ0) is 24.4. The summed E-state index contributed by atoms with van der Waals surface area (Å²) >= 11 is 1.39. The van der Waals surface area contributed by atoms with Gasteiger partial charge in [-0.25, -0.2) is 0 Å². The van der Waals surface area contributed by atoms with E-state index in [1.165, 1.54) is 43.9 Å². The van der Waals surface area contributed by atoms with Crippen LogP contribution in [0.2, 0.25) is 0 Å². The van der Waals surface area contributed by atoms with Crippen molar-refractivity contribution in [1.82, 2.24) is 19.3 Å². The summed E-state index contributed by atoms with van der Waals surface area (Å²) < 4.78 is 9.97. The van der Waals surface area contributed by atoms with E-state index < -0.39 is 0 Å². The minimum absolute atomic E-state index is 0.138. The Morgan fingerprint density at radius 3 is 2.46 bits per heavy atom. The number of hydrogen-bond acceptors (Lipinski definition) is 6. The average molecular weight is 493 g/mol. The number of hydrogen-bond donors (Lipinski definition) is 1. The number of carbonyl (C=O) groups is 1. The van der Waals surface area contributed by atoms with Crippen molar-refractivity contribution < 1.29 is 9.21 Å². The Morgan fingerprint density at radius 1 is 1.11 bits per heavy atom. The maximum Gasteiger partial charge on any atom is 0.235 e. The van der Waals surface area contributed by atoms with Crippen molar-refractivity contribution >= 4 is 23.5 Å². The molecule has 8 nitrogen and oxygen atoms in total. The molecule has 35 heavy (non-hydrogen) atoms. The van der Waals surface area contributed by atoms with E-state index in [4.69, 9.17) is 4.42 Å². The Balaban J connectivity index is 1.36. The largest absolute Gasteiger partial charge is 0.461 e. The molecule has 3 heterocycles. The molecule has 0 saturated heterocycles. The molecule has 0 spiro atoms. The van der Waals surface area contributed by atoms with E-state index in [1.807, 2.05) is 26.0 Å². The van der Waals surface area contributed by atoms with Crippen LogP contribution in [0.25, 0.3) is 11.6 Å². The molecule has 0 unspecified atom stereocenters. The van der Waals surface area contributed by atoms with Crippen LogP contribution >= 0.6 is 11.8 Å². The number of nitriles is 1. The average Bonchev–Trinajstić information content (AvgIpc) is 3.67. The summed E-state index contributed by atoms with van der Waals surface area (Å²) in [7, 11) is 0. The normalized spacial score (nSPS) is 17.1. The van der Waals surface area contributed by atoms with E-state index in [9.17, 15) is 10.1 Å². The number of nitrogens with zero attached hydrogens (tertiary/aromatic N) is 5. The predicted octanol–water partition coefficient (Wildman–Crippen LogP) is 6.18. The van der Waals surface area contributed by atoms with Crippen molar-refractivity contribution in [2.24, 2.45) is 0 Å². The molecule has 2 aliphatic carbocycles. The highest BCUT2D eigenvalue weighted by molar-refractivity contribution is 7.99. The molecule has 184 valence electrons. The van der Waals surface area contributed by atoms with Crippen molar-refractivity contribution in [3.63, 3.8) is 0 Å². The van der Waals surface area contributed by atoms with Gasteiger partial charge in [-0.05, 0) is 57.2 Å². The van der Waals surface area contributed by atoms with E-state index in [2.05, 4.69) is 30.7 Å². The van der Waals surface area contributed by atoms with E-state index in [0.717, 1.165) is 47.9 Å². The number of amides is 1. The van der Waals surface area contributed by atoms with Gasteiger partial charge in [0, 0.05) is 17.8 Å². The number of furan rings is 1. The molecule has 9 heteroatoms. The van der Waals surface area contributed by atoms with E-state index >= 15 is 0 Å². The van der Waals surface area contributed by atoms with Crippen LogP contribution in [0.4, 0.5) is 5.82 Å². The summed E-state index contributed by atoms with van der Waals surface area (Å²) in [6.45, 7) is 4.01. The Morgan fingerprint density at radius 2 is 1.80 bits per heavy atom. The standard InChI is InChI=1S/C26H32N6O2S/c1-17-18(2)31(19-11-6-7-12-19)24(21(17)15-27)28-23(33)16-35-26-30-29-25(22-13-8-14-34-22)32(26)20-9-4-3-5-10-20/h8,13-14,19-20H,3-7,9-12,16H2,1-2H3,(H,28,33). The lowest BCUT2D eigenvalue weighted by Crippen LogP contribution is -2.20. The van der Waals surface area contributed by atoms with Gasteiger partial charge in [0.15, 0.2) is 10.9 Å². The second-order valence-electron chi connectivity index (χ2n) is 9.64. The number of anilines is 1. The zero-order valence-corrected chi connectivity index (χ0v) is 21.2. The van der Waals surface area contributed by atoms with Crippen LogP contribution < -0.4 is 5.32 Å². The molecule has 1 N–H and O–H groups in total. The Kier molecular flexibility index (Phi) is 7.00. The lowest BCUT2D eigenvalue weighted by Gasteiger charge is -2.25. The maximum absolute atomic E-state index is 13.1. The van der Waals surface area contributed by atoms with Crippen molar-refractivity contribution in [3.8, 4) is 17.7 Å². The number of rotatable bonds is 7. The number of aromatic nitrogens is 4. The van der Waals surface area contributed by atoms with Gasteiger partial charge < -0.3 is 14.3 Å². The molecule has 1 amide bonds. The SMILES string of the molecule is Cc1c(C#N)c(NC(=O)CSc2nnc(-c3ccco3)n2C2CCCCC2)n(C2CCCC2)c1C. The number of thioether (sulfide) groups is 1. The quantitative estimate of drug-likeness (QED) is 0.395. The van der Waals surface area contributed by atoms with Crippen LogP contribution in [0.15, 0.2) is 28.0 Å². The summed E-state index contributed by atoms with van der Waals surface area (Å²) in [4.78, 5) is 13.1. The van der Waals surface area contributed by atoms with Gasteiger partial charge in [-0.3, -0.25) is 9.36 Å². The minimum atomic E-state index is -0.138. The Bertz CT molecular complexity index is 1220. The molecule has 3 aromatic rings. The van der Waals surface area contributed by atoms with Gasteiger partial charge in [-0.15, -0.1) is 10.2 Å². The summed E-state index contributed by atoms with van der Waals surface area (Å²) in [6, 6.07) is 6.71. The summed E-state index contributed by atoms with van der Waals surface area (Å²) in [5.41, 5.74) is 2.58. The first-order chi connectivity index (χ1) is 17.1. The molecular formula is C26H32N6O2S. The lowest BCUT2D eigenvalue weighted by molar-refractivity contribution is -0.113. The van der Waals surface area contributed by atoms with Crippen molar-refractivity contribution in [2.45, 2.75) is 88.9 Å². The highest BCUT2D eigenvalue weighted by Gasteiger charge is 2.28. The third kappa shape index (κ3) is 4.64. The molecule has 0 aliphatic heterocycles. The Labute approximate surface area is 210 Å². The molecule has 2 aliphatic rings. The number of carbonyl (C=O) groups excluding carboxylic acids is 1. The minimum Gasteiger partial charge on any atom is -0.461 e. The van der Waals surface area contributed by atoms with Gasteiger partial charge in [0.05, 0.1) is 17.6 Å². The topological polar surface area (TPSA) is 102 Å². The summed E-state index contributed by atoms with van der Waals surface area (Å²) in [5.74, 6) is 2.12. The zero-order valence-electron chi connectivity index (χ0n) is 20.4. The molecule has 0 bridgehead atoms. The third-order valence-electron chi connectivity index (χ3n) is 7.49. The third-order valence-corrected chi connectivity index (χ3v) is 8.44. The molecule has 0 radical (unpaired) electrons. The first kappa shape index (κ1) is 23.7. The smallest absolute Gasteiger partial charge is 0.235 e. The van der Waals surface area contributed by atoms with Gasteiger partial charge >= 0.3 is 0 Å². The van der Waals surface area contributed by atoms with E-state index in [0.29, 0.717) is 29.2 Å². The van der Waals surface area contributed by atoms with Gasteiger partial charge in [0.2, 0.25) is 11.7 Å². The number of nitrogens with one attached hydrogen (secondary N) is 1. The molecule has 3 aromatic heterocycles. The summed E-state index contributed by atoms with van der Waals surface area (Å²) in [6.07, 6.45) is 11.9. The predicted molar refractivity (Wildman–Crippen MR) is 135 cm³/mol. The monoisotopic (exact) mass is 492 g/mol. The van der Waals surface area contributed by atoms with Gasteiger partial charge in [-0.2, -0.15) is 5.26 Å². The molecule has 5 rings (SSSR count). The van der Waals surface area contributed by atoms with Crippen LogP contribution in [0.5, 0.6) is 0 Å². The fraction of sp³-hybridized carbons (Fsp3) is 0.538. The molecule has 2 fully saturated rings. The van der Waals surface area contributed by atoms with Crippen LogP contribution in [0, 0.1) is 25.2 Å². The fourth-order valence-electron chi connectivity index (χ4n) is 5.62. The van der Waals surface area contributed by atoms with Crippen LogP contribution in [0.3, 0.4) is 0 Å². The Hall–Kier alpha value is -2.99. The highest BCUT2D eigenvalue weighted by atomic mass is 32.2. The van der Waals surface area contributed by atoms with Crippen molar-refractivity contribution in [3.05, 3.63) is 35.2 Å². The van der Waals surface area contributed by atoms with Gasteiger partial charge in [0.1, 0.15) is 11.9 Å². The maximum atomic E-state index is 13.1. The van der Waals surface area contributed by atoms with Gasteiger partial charge in [-0.1, -0.05) is 43.9 Å². The second-order valence-corrected chi connectivity index (χ2v) is 10.6. The van der Waals surface area contributed by atoms with E-state index in [1.54, 1.807) is 6.26 Å². The first-order valence-corrected chi connectivity index (χ1v) is 13.6. The summed E-state index contributed by atoms with van der Waals surface area (Å²) in [5, 5.41) is 22.5. The van der Waals surface area contributed by atoms with Gasteiger partial charge in [0.25, 0.3) is 0 Å². The lowest BCUT2D eigenvalue weighted by atomic mass is 9.95. The molecule has 0 atom stereocenters. The highest BCUT2D eigenvalue weighted by Crippen LogP contribution is 2.38. The van der Waals surface area contributed by atoms with Crippen LogP contribution in [-0.4, -0.2) is 31.0 Å². The first-order valence-electron chi connectivity index (χ1n) is 12.6. The second kappa shape index (κ2) is 10.3.